The molecule has 154 valence electrons. The van der Waals surface area contributed by atoms with E-state index in [1.165, 1.54) is 12.1 Å². The van der Waals surface area contributed by atoms with Crippen molar-refractivity contribution in [2.24, 2.45) is 5.92 Å². The molecule has 2 aromatic rings. The van der Waals surface area contributed by atoms with Crippen molar-refractivity contribution < 1.29 is 18.1 Å². The zero-order chi connectivity index (χ0) is 21.2. The first-order chi connectivity index (χ1) is 13.7. The van der Waals surface area contributed by atoms with Crippen LogP contribution in [0.2, 0.25) is 0 Å². The minimum atomic E-state index is -3.88. The minimum absolute atomic E-state index is 0.0606. The van der Waals surface area contributed by atoms with E-state index in [0.29, 0.717) is 31.0 Å². The number of anilines is 2. The average Bonchev–Trinajstić information content (AvgIpc) is 2.67. The maximum absolute atomic E-state index is 12.6. The molecule has 0 fully saturated rings. The number of fused-ring (bicyclic) bond motifs is 1. The molecule has 29 heavy (non-hydrogen) atoms. The van der Waals surface area contributed by atoms with Crippen molar-refractivity contribution in [2.45, 2.75) is 38.0 Å². The third-order valence-electron chi connectivity index (χ3n) is 4.82. The average molecular weight is 417 g/mol. The fourth-order valence-corrected chi connectivity index (χ4v) is 4.27. The molecular formula is C20H23N3O5S. The first-order valence-corrected chi connectivity index (χ1v) is 10.9. The molecule has 1 N–H and O–H groups in total. The van der Waals surface area contributed by atoms with Gasteiger partial charge in [-0.1, -0.05) is 13.8 Å². The summed E-state index contributed by atoms with van der Waals surface area (Å²) in [5.41, 5.74) is 1.95. The zero-order valence-corrected chi connectivity index (χ0v) is 17.1. The number of sulfonamides is 1. The number of nitro groups is 1. The van der Waals surface area contributed by atoms with Gasteiger partial charge in [0.05, 0.1) is 9.82 Å². The molecule has 0 bridgehead atoms. The highest BCUT2D eigenvalue weighted by Gasteiger charge is 2.25. The quantitative estimate of drug-likeness (QED) is 0.545. The normalized spacial score (nSPS) is 14.0. The monoisotopic (exact) mass is 417 g/mol. The largest absolute Gasteiger partial charge is 0.312 e. The summed E-state index contributed by atoms with van der Waals surface area (Å²) in [6.45, 7) is 4.84. The molecule has 0 aliphatic carbocycles. The molecule has 9 heteroatoms. The number of non-ortho nitro benzene ring substituents is 1. The van der Waals surface area contributed by atoms with Crippen LogP contribution in [0.3, 0.4) is 0 Å². The third kappa shape index (κ3) is 4.73. The molecule has 1 aliphatic heterocycles. The first kappa shape index (κ1) is 20.8. The Balaban J connectivity index is 1.82. The summed E-state index contributed by atoms with van der Waals surface area (Å²) < 4.78 is 27.7. The van der Waals surface area contributed by atoms with Crippen LogP contribution >= 0.6 is 0 Å². The zero-order valence-electron chi connectivity index (χ0n) is 16.3. The van der Waals surface area contributed by atoms with E-state index in [2.05, 4.69) is 18.6 Å². The molecule has 1 heterocycles. The molecule has 1 aliphatic rings. The van der Waals surface area contributed by atoms with Crippen LogP contribution in [-0.4, -0.2) is 25.8 Å². The Labute approximate surface area is 169 Å². The van der Waals surface area contributed by atoms with E-state index in [9.17, 15) is 23.3 Å². The Morgan fingerprint density at radius 1 is 1.14 bits per heavy atom. The molecule has 0 spiro atoms. The van der Waals surface area contributed by atoms with E-state index in [1.54, 1.807) is 23.1 Å². The lowest BCUT2D eigenvalue weighted by atomic mass is 9.99. The number of amides is 1. The van der Waals surface area contributed by atoms with Crippen LogP contribution < -0.4 is 9.62 Å². The number of benzene rings is 2. The van der Waals surface area contributed by atoms with Gasteiger partial charge in [-0.25, -0.2) is 8.42 Å². The Morgan fingerprint density at radius 3 is 2.45 bits per heavy atom. The first-order valence-electron chi connectivity index (χ1n) is 9.38. The number of nitrogens with zero attached hydrogens (tertiary/aromatic N) is 2. The molecule has 0 aromatic heterocycles. The summed E-state index contributed by atoms with van der Waals surface area (Å²) in [6.07, 6.45) is 1.84. The predicted octanol–water partition coefficient (Wildman–Crippen LogP) is 3.72. The molecule has 8 nitrogen and oxygen atoms in total. The van der Waals surface area contributed by atoms with E-state index < -0.39 is 14.9 Å². The van der Waals surface area contributed by atoms with Gasteiger partial charge in [0.1, 0.15) is 0 Å². The number of nitrogens with one attached hydrogen (secondary N) is 1. The molecule has 0 radical (unpaired) electrons. The fraction of sp³-hybridized carbons (Fsp3) is 0.350. The van der Waals surface area contributed by atoms with Crippen LogP contribution in [0.15, 0.2) is 47.4 Å². The van der Waals surface area contributed by atoms with Crippen molar-refractivity contribution >= 4 is 33.0 Å². The van der Waals surface area contributed by atoms with Gasteiger partial charge in [0, 0.05) is 36.5 Å². The van der Waals surface area contributed by atoms with Gasteiger partial charge >= 0.3 is 0 Å². The van der Waals surface area contributed by atoms with Crippen LogP contribution in [-0.2, 0) is 21.2 Å². The maximum atomic E-state index is 12.6. The van der Waals surface area contributed by atoms with Crippen molar-refractivity contribution in [3.63, 3.8) is 0 Å². The van der Waals surface area contributed by atoms with E-state index >= 15 is 0 Å². The second kappa shape index (κ2) is 8.20. The van der Waals surface area contributed by atoms with Crippen molar-refractivity contribution in [2.75, 3.05) is 16.2 Å². The van der Waals surface area contributed by atoms with Crippen LogP contribution in [0, 0.1) is 16.0 Å². The fourth-order valence-electron chi connectivity index (χ4n) is 3.22. The van der Waals surface area contributed by atoms with Crippen molar-refractivity contribution in [1.82, 2.24) is 0 Å². The van der Waals surface area contributed by atoms with E-state index in [0.717, 1.165) is 29.8 Å². The standard InChI is InChI=1S/C20H23N3O5S/c1-14(2)11-12-22-19-9-4-16(13-15(19)3-10-20(22)24)21-29(27,28)18-7-5-17(6-8-18)23(25)26/h4-9,13-14,21H,3,10-12H2,1-2H3. The van der Waals surface area contributed by atoms with Gasteiger partial charge in [-0.05, 0) is 54.7 Å². The van der Waals surface area contributed by atoms with Gasteiger partial charge in [-0.15, -0.1) is 0 Å². The predicted molar refractivity (Wildman–Crippen MR) is 110 cm³/mol. The lowest BCUT2D eigenvalue weighted by Gasteiger charge is -2.30. The number of carbonyl (C=O) groups is 1. The second-order valence-electron chi connectivity index (χ2n) is 7.43. The summed E-state index contributed by atoms with van der Waals surface area (Å²) >= 11 is 0. The van der Waals surface area contributed by atoms with E-state index in [4.69, 9.17) is 0 Å². The van der Waals surface area contributed by atoms with Crippen LogP contribution in [0.1, 0.15) is 32.3 Å². The number of aryl methyl sites for hydroxylation is 1. The van der Waals surface area contributed by atoms with Crippen molar-refractivity contribution in [3.05, 3.63) is 58.1 Å². The third-order valence-corrected chi connectivity index (χ3v) is 6.22. The highest BCUT2D eigenvalue weighted by Crippen LogP contribution is 2.31. The SMILES string of the molecule is CC(C)CCN1C(=O)CCc2cc(NS(=O)(=O)c3ccc([N+](=O)[O-])cc3)ccc21. The number of nitro benzene ring substituents is 1. The minimum Gasteiger partial charge on any atom is -0.312 e. The maximum Gasteiger partial charge on any atom is 0.269 e. The van der Waals surface area contributed by atoms with Crippen LogP contribution in [0.4, 0.5) is 17.1 Å². The smallest absolute Gasteiger partial charge is 0.269 e. The molecule has 0 saturated carbocycles. The van der Waals surface area contributed by atoms with Gasteiger partial charge in [0.2, 0.25) is 5.91 Å². The van der Waals surface area contributed by atoms with E-state index in [-0.39, 0.29) is 16.5 Å². The molecular weight excluding hydrogens is 394 g/mol. The molecule has 0 unspecified atom stereocenters. The summed E-state index contributed by atoms with van der Waals surface area (Å²) in [4.78, 5) is 24.2. The number of carbonyl (C=O) groups excluding carboxylic acids is 1. The second-order valence-corrected chi connectivity index (χ2v) is 9.11. The molecule has 0 saturated heterocycles. The summed E-state index contributed by atoms with van der Waals surface area (Å²) in [7, 11) is -3.88. The summed E-state index contributed by atoms with van der Waals surface area (Å²) in [6, 6.07) is 9.84. The Hall–Kier alpha value is -2.94. The van der Waals surface area contributed by atoms with E-state index in [1.807, 2.05) is 0 Å². The van der Waals surface area contributed by atoms with Gasteiger partial charge in [0.25, 0.3) is 15.7 Å². The van der Waals surface area contributed by atoms with Gasteiger partial charge < -0.3 is 4.90 Å². The van der Waals surface area contributed by atoms with Gasteiger partial charge in [-0.2, -0.15) is 0 Å². The number of hydrogen-bond donors (Lipinski definition) is 1. The summed E-state index contributed by atoms with van der Waals surface area (Å²) in [5, 5.41) is 10.7. The molecule has 1 amide bonds. The Bertz CT molecular complexity index is 1030. The van der Waals surface area contributed by atoms with Crippen LogP contribution in [0.25, 0.3) is 0 Å². The Kier molecular flexibility index (Phi) is 5.88. The lowest BCUT2D eigenvalue weighted by Crippen LogP contribution is -2.36. The topological polar surface area (TPSA) is 110 Å². The highest BCUT2D eigenvalue weighted by atomic mass is 32.2. The molecule has 2 aromatic carbocycles. The van der Waals surface area contributed by atoms with Crippen molar-refractivity contribution in [1.29, 1.82) is 0 Å². The summed E-state index contributed by atoms with van der Waals surface area (Å²) in [5.74, 6) is 0.554. The molecule has 3 rings (SSSR count). The van der Waals surface area contributed by atoms with Crippen LogP contribution in [0.5, 0.6) is 0 Å². The van der Waals surface area contributed by atoms with Gasteiger partial charge in [0.15, 0.2) is 0 Å². The number of hydrogen-bond acceptors (Lipinski definition) is 5. The lowest BCUT2D eigenvalue weighted by molar-refractivity contribution is -0.384. The number of rotatable bonds is 7. The highest BCUT2D eigenvalue weighted by molar-refractivity contribution is 7.92. The Morgan fingerprint density at radius 2 is 1.83 bits per heavy atom. The van der Waals surface area contributed by atoms with Gasteiger partial charge in [-0.3, -0.25) is 19.6 Å². The molecule has 0 atom stereocenters. The van der Waals surface area contributed by atoms with Crippen molar-refractivity contribution in [3.8, 4) is 0 Å².